The van der Waals surface area contributed by atoms with E-state index in [-0.39, 0.29) is 31.1 Å². The molecule has 0 fully saturated rings. The molecule has 1 rings (SSSR count). The Balaban J connectivity index is 2.90. The molecule has 0 aromatic heterocycles. The maximum Gasteiger partial charge on any atom is 0.513 e. The van der Waals surface area contributed by atoms with E-state index in [0.29, 0.717) is 36.7 Å². The first-order valence-electron chi connectivity index (χ1n) is 14.7. The first-order valence-corrected chi connectivity index (χ1v) is 14.7. The number of esters is 1. The Morgan fingerprint density at radius 3 is 1.79 bits per heavy atom. The van der Waals surface area contributed by atoms with E-state index in [2.05, 4.69) is 0 Å². The summed E-state index contributed by atoms with van der Waals surface area (Å²) in [4.78, 5) is 49.3. The van der Waals surface area contributed by atoms with E-state index < -0.39 is 48.3 Å². The Morgan fingerprint density at radius 1 is 0.767 bits per heavy atom. The lowest BCUT2D eigenvalue weighted by molar-refractivity contribution is -0.156. The normalized spacial score (nSPS) is 13.5. The summed E-state index contributed by atoms with van der Waals surface area (Å²) < 4.78 is 36.7. The van der Waals surface area contributed by atoms with Gasteiger partial charge in [-0.05, 0) is 82.9 Å². The fourth-order valence-corrected chi connectivity index (χ4v) is 3.11. The zero-order valence-electron chi connectivity index (χ0n) is 26.9. The largest absolute Gasteiger partial charge is 0.513 e. The molecule has 0 aliphatic carbocycles. The van der Waals surface area contributed by atoms with Crippen LogP contribution in [0.3, 0.4) is 0 Å². The Morgan fingerprint density at radius 2 is 1.28 bits per heavy atom. The lowest BCUT2D eigenvalue weighted by atomic mass is 10.1. The van der Waals surface area contributed by atoms with Gasteiger partial charge in [0.15, 0.2) is 11.5 Å². The molecule has 0 bridgehead atoms. The highest BCUT2D eigenvalue weighted by Crippen LogP contribution is 2.30. The number of nitrogens with two attached hydrogens (primary N) is 1. The van der Waals surface area contributed by atoms with Gasteiger partial charge in [-0.15, -0.1) is 0 Å². The van der Waals surface area contributed by atoms with Crippen LogP contribution in [0.2, 0.25) is 0 Å². The van der Waals surface area contributed by atoms with Crippen molar-refractivity contribution in [2.24, 2.45) is 17.6 Å². The standard InChI is InChI=1S/C31H49NO11/c1-10-31(8,9)43-30(36)40-22(7)21(6)39-27(33)24(32)17-23-11-12-25(41-28(34)37-15-13-19(2)3)26(18-23)42-29(35)38-16-14-20(4)5/h11-12,18-22,24H,10,13-17,32H2,1-9H3/t21-,22-,24-/m0/s1. The molecule has 0 aliphatic rings. The molecule has 0 aliphatic heterocycles. The van der Waals surface area contributed by atoms with Crippen molar-refractivity contribution >= 4 is 24.4 Å². The predicted molar refractivity (Wildman–Crippen MR) is 158 cm³/mol. The minimum absolute atomic E-state index is 0.00854. The number of carbonyl (C=O) groups excluding carboxylic acids is 4. The number of carbonyl (C=O) groups is 4. The number of ether oxygens (including phenoxy) is 7. The van der Waals surface area contributed by atoms with Crippen molar-refractivity contribution in [3.05, 3.63) is 23.8 Å². The Kier molecular flexibility index (Phi) is 15.9. The molecular formula is C31H49NO11. The van der Waals surface area contributed by atoms with E-state index in [1.807, 2.05) is 34.6 Å². The molecule has 12 heteroatoms. The lowest BCUT2D eigenvalue weighted by Gasteiger charge is -2.26. The van der Waals surface area contributed by atoms with Crippen LogP contribution >= 0.6 is 0 Å². The molecule has 0 unspecified atom stereocenters. The highest BCUT2D eigenvalue weighted by atomic mass is 16.8. The summed E-state index contributed by atoms with van der Waals surface area (Å²) in [5.41, 5.74) is 5.89. The van der Waals surface area contributed by atoms with Gasteiger partial charge in [-0.1, -0.05) is 40.7 Å². The molecular weight excluding hydrogens is 562 g/mol. The summed E-state index contributed by atoms with van der Waals surface area (Å²) in [5.74, 6) is -0.285. The van der Waals surface area contributed by atoms with Gasteiger partial charge >= 0.3 is 24.4 Å². The topological polar surface area (TPSA) is 159 Å². The van der Waals surface area contributed by atoms with Crippen LogP contribution in [0.1, 0.15) is 87.1 Å². The van der Waals surface area contributed by atoms with Crippen LogP contribution in [0.4, 0.5) is 14.4 Å². The van der Waals surface area contributed by atoms with E-state index in [1.54, 1.807) is 33.8 Å². The number of benzene rings is 1. The van der Waals surface area contributed by atoms with Crippen molar-refractivity contribution in [1.29, 1.82) is 0 Å². The molecule has 1 aromatic carbocycles. The third-order valence-corrected chi connectivity index (χ3v) is 6.44. The van der Waals surface area contributed by atoms with Gasteiger partial charge in [-0.2, -0.15) is 0 Å². The van der Waals surface area contributed by atoms with Crippen LogP contribution in [-0.2, 0) is 34.9 Å². The Labute approximate surface area is 254 Å². The molecule has 1 aromatic rings. The molecule has 12 nitrogen and oxygen atoms in total. The molecule has 0 amide bonds. The Bertz CT molecular complexity index is 1050. The average Bonchev–Trinajstić information content (AvgIpc) is 2.89. The van der Waals surface area contributed by atoms with Crippen molar-refractivity contribution in [1.82, 2.24) is 0 Å². The summed E-state index contributed by atoms with van der Waals surface area (Å²) in [5, 5.41) is 0. The van der Waals surface area contributed by atoms with E-state index in [1.165, 1.54) is 12.1 Å². The van der Waals surface area contributed by atoms with E-state index >= 15 is 0 Å². The van der Waals surface area contributed by atoms with Crippen LogP contribution in [-0.4, -0.2) is 61.5 Å². The smallest absolute Gasteiger partial charge is 0.458 e. The zero-order valence-corrected chi connectivity index (χ0v) is 26.9. The molecule has 0 heterocycles. The fraction of sp³-hybridized carbons (Fsp3) is 0.677. The summed E-state index contributed by atoms with van der Waals surface area (Å²) >= 11 is 0. The van der Waals surface area contributed by atoms with Crippen molar-refractivity contribution in [2.75, 3.05) is 13.2 Å². The molecule has 43 heavy (non-hydrogen) atoms. The van der Waals surface area contributed by atoms with Crippen LogP contribution < -0.4 is 15.2 Å². The third kappa shape index (κ3) is 15.5. The van der Waals surface area contributed by atoms with Crippen LogP contribution in [0.15, 0.2) is 18.2 Å². The van der Waals surface area contributed by atoms with Crippen molar-refractivity contribution < 1.29 is 52.3 Å². The molecule has 0 radical (unpaired) electrons. The van der Waals surface area contributed by atoms with Crippen LogP contribution in [0.5, 0.6) is 11.5 Å². The maximum atomic E-state index is 12.7. The molecule has 244 valence electrons. The first kappa shape index (κ1) is 37.5. The highest BCUT2D eigenvalue weighted by molar-refractivity contribution is 5.76. The van der Waals surface area contributed by atoms with Gasteiger partial charge in [0.25, 0.3) is 0 Å². The monoisotopic (exact) mass is 611 g/mol. The highest BCUT2D eigenvalue weighted by Gasteiger charge is 2.28. The van der Waals surface area contributed by atoms with Crippen molar-refractivity contribution in [2.45, 2.75) is 112 Å². The predicted octanol–water partition coefficient (Wildman–Crippen LogP) is 6.34. The minimum atomic E-state index is -1.11. The molecule has 2 N–H and O–H groups in total. The summed E-state index contributed by atoms with van der Waals surface area (Å²) in [7, 11) is 0. The number of rotatable bonds is 16. The van der Waals surface area contributed by atoms with Gasteiger partial charge < -0.3 is 38.9 Å². The minimum Gasteiger partial charge on any atom is -0.458 e. The summed E-state index contributed by atoms with van der Waals surface area (Å²) in [6, 6.07) is 3.25. The summed E-state index contributed by atoms with van der Waals surface area (Å²) in [6.45, 7) is 16.8. The van der Waals surface area contributed by atoms with Crippen molar-refractivity contribution in [3.8, 4) is 11.5 Å². The summed E-state index contributed by atoms with van der Waals surface area (Å²) in [6.07, 6.45) is -2.54. The second-order valence-corrected chi connectivity index (χ2v) is 11.8. The second kappa shape index (κ2) is 18.2. The fourth-order valence-electron chi connectivity index (χ4n) is 3.11. The Hall–Kier alpha value is -3.54. The molecule has 0 spiro atoms. The quantitative estimate of drug-likeness (QED) is 0.126. The maximum absolute atomic E-state index is 12.7. The molecule has 0 saturated heterocycles. The van der Waals surface area contributed by atoms with Crippen LogP contribution in [0, 0.1) is 11.8 Å². The number of hydrogen-bond donors (Lipinski definition) is 1. The third-order valence-electron chi connectivity index (χ3n) is 6.44. The van der Waals surface area contributed by atoms with E-state index in [9.17, 15) is 19.2 Å². The van der Waals surface area contributed by atoms with Gasteiger partial charge in [-0.3, -0.25) is 4.79 Å². The molecule has 3 atom stereocenters. The van der Waals surface area contributed by atoms with Gasteiger partial charge in [0.1, 0.15) is 23.9 Å². The second-order valence-electron chi connectivity index (χ2n) is 11.8. The van der Waals surface area contributed by atoms with Crippen LogP contribution in [0.25, 0.3) is 0 Å². The van der Waals surface area contributed by atoms with Gasteiger partial charge in [0.05, 0.1) is 13.2 Å². The first-order chi connectivity index (χ1) is 20.0. The van der Waals surface area contributed by atoms with E-state index in [4.69, 9.17) is 38.9 Å². The molecule has 0 saturated carbocycles. The van der Waals surface area contributed by atoms with Gasteiger partial charge in [-0.25, -0.2) is 14.4 Å². The average molecular weight is 612 g/mol. The van der Waals surface area contributed by atoms with Gasteiger partial charge in [0.2, 0.25) is 0 Å². The lowest BCUT2D eigenvalue weighted by Crippen LogP contribution is -2.40. The SMILES string of the molecule is CCC(C)(C)OC(=O)O[C@@H](C)[C@H](C)OC(=O)[C@@H](N)Cc1ccc(OC(=O)OCCC(C)C)c(OC(=O)OCCC(C)C)c1. The zero-order chi connectivity index (χ0) is 32.7. The van der Waals surface area contributed by atoms with Crippen molar-refractivity contribution in [3.63, 3.8) is 0 Å². The number of hydrogen-bond acceptors (Lipinski definition) is 12. The van der Waals surface area contributed by atoms with Gasteiger partial charge in [0, 0.05) is 0 Å². The van der Waals surface area contributed by atoms with E-state index in [0.717, 1.165) is 0 Å².